The van der Waals surface area contributed by atoms with E-state index in [2.05, 4.69) is 10.3 Å². The van der Waals surface area contributed by atoms with Gasteiger partial charge in [0.2, 0.25) is 0 Å². The minimum Gasteiger partial charge on any atom is -0.370 e. The molecule has 1 aliphatic carbocycles. The van der Waals surface area contributed by atoms with E-state index >= 15 is 0 Å². The zero-order valence-corrected chi connectivity index (χ0v) is 10.5. The summed E-state index contributed by atoms with van der Waals surface area (Å²) in [7, 11) is 0. The number of nitrogens with one attached hydrogen (secondary N) is 1. The number of hydrogen-bond donors (Lipinski definition) is 1. The summed E-state index contributed by atoms with van der Waals surface area (Å²) in [6, 6.07) is 3.88. The lowest BCUT2D eigenvalue weighted by atomic mass is 10.0. The first-order chi connectivity index (χ1) is 8.45. The van der Waals surface area contributed by atoms with Gasteiger partial charge in [-0.2, -0.15) is 13.2 Å². The Balaban J connectivity index is 1.98. The molecule has 0 aliphatic heterocycles. The van der Waals surface area contributed by atoms with E-state index in [-0.39, 0.29) is 11.2 Å². The molecular weight excluding hydrogens is 265 g/mol. The second-order valence-corrected chi connectivity index (χ2v) is 5.08. The van der Waals surface area contributed by atoms with E-state index in [1.54, 1.807) is 6.07 Å². The monoisotopic (exact) mass is 278 g/mol. The molecule has 1 fully saturated rings. The quantitative estimate of drug-likeness (QED) is 0.826. The number of halogens is 4. The molecule has 0 aromatic carbocycles. The zero-order chi connectivity index (χ0) is 13.2. The molecule has 0 spiro atoms. The van der Waals surface area contributed by atoms with Gasteiger partial charge < -0.3 is 5.32 Å². The maximum atomic E-state index is 12.5. The topological polar surface area (TPSA) is 24.9 Å². The molecule has 0 amide bonds. The van der Waals surface area contributed by atoms with Crippen LogP contribution >= 0.6 is 11.6 Å². The van der Waals surface area contributed by atoms with Crippen LogP contribution in [-0.4, -0.2) is 17.4 Å². The minimum absolute atomic E-state index is 0.164. The van der Waals surface area contributed by atoms with Crippen molar-refractivity contribution in [2.24, 2.45) is 5.41 Å². The fraction of sp³-hybridized carbons (Fsp3) is 0.583. The Labute approximate surface area is 109 Å². The third-order valence-electron chi connectivity index (χ3n) is 3.27. The van der Waals surface area contributed by atoms with Gasteiger partial charge in [0.15, 0.2) is 0 Å². The van der Waals surface area contributed by atoms with E-state index in [1.807, 2.05) is 0 Å². The van der Waals surface area contributed by atoms with Crippen LogP contribution in [0.3, 0.4) is 0 Å². The van der Waals surface area contributed by atoms with Gasteiger partial charge >= 0.3 is 6.18 Å². The first-order valence-electron chi connectivity index (χ1n) is 5.79. The van der Waals surface area contributed by atoms with Crippen LogP contribution in [0.1, 0.15) is 25.0 Å². The van der Waals surface area contributed by atoms with Gasteiger partial charge in [-0.05, 0) is 36.8 Å². The maximum absolute atomic E-state index is 12.5. The van der Waals surface area contributed by atoms with Crippen molar-refractivity contribution in [1.82, 2.24) is 4.98 Å². The molecule has 18 heavy (non-hydrogen) atoms. The summed E-state index contributed by atoms with van der Waals surface area (Å²) >= 11 is 5.70. The van der Waals surface area contributed by atoms with Crippen molar-refractivity contribution in [3.8, 4) is 0 Å². The molecule has 1 aromatic heterocycles. The molecule has 1 heterocycles. The van der Waals surface area contributed by atoms with Gasteiger partial charge in [-0.3, -0.25) is 0 Å². The van der Waals surface area contributed by atoms with Crippen molar-refractivity contribution in [2.45, 2.75) is 25.4 Å². The summed E-state index contributed by atoms with van der Waals surface area (Å²) in [6.45, 7) is 0.633. The Kier molecular flexibility index (Phi) is 3.71. The lowest BCUT2D eigenvalue weighted by Gasteiger charge is -2.15. The smallest absolute Gasteiger partial charge is 0.370 e. The highest BCUT2D eigenvalue weighted by Gasteiger charge is 2.41. The first kappa shape index (κ1) is 13.5. The molecule has 1 aromatic rings. The highest BCUT2D eigenvalue weighted by atomic mass is 35.5. The molecule has 0 unspecified atom stereocenters. The van der Waals surface area contributed by atoms with Gasteiger partial charge in [0.25, 0.3) is 0 Å². The average Bonchev–Trinajstić information content (AvgIpc) is 3.07. The summed E-state index contributed by atoms with van der Waals surface area (Å²) < 4.78 is 37.4. The number of alkyl halides is 4. The summed E-state index contributed by atoms with van der Waals surface area (Å²) in [5.41, 5.74) is -0.702. The minimum atomic E-state index is -4.40. The van der Waals surface area contributed by atoms with Crippen LogP contribution < -0.4 is 5.32 Å². The third-order valence-corrected chi connectivity index (χ3v) is 3.45. The van der Waals surface area contributed by atoms with Crippen LogP contribution in [0.2, 0.25) is 0 Å². The predicted molar refractivity (Wildman–Crippen MR) is 64.7 cm³/mol. The standard InChI is InChI=1S/C12H14ClF3N2/c13-7-6-11(4-5-11)8-17-10-3-1-2-9(18-10)12(14,15)16/h1-3H,4-8H2,(H,17,18). The highest BCUT2D eigenvalue weighted by Crippen LogP contribution is 2.48. The summed E-state index contributed by atoms with van der Waals surface area (Å²) in [5, 5.41) is 2.97. The first-order valence-corrected chi connectivity index (χ1v) is 6.33. The molecule has 0 saturated heterocycles. The Morgan fingerprint density at radius 1 is 1.33 bits per heavy atom. The maximum Gasteiger partial charge on any atom is 0.433 e. The summed E-state index contributed by atoms with van der Waals surface area (Å²) in [5.74, 6) is 0.850. The average molecular weight is 279 g/mol. The van der Waals surface area contributed by atoms with E-state index in [9.17, 15) is 13.2 Å². The second-order valence-electron chi connectivity index (χ2n) is 4.70. The molecule has 1 aliphatic rings. The fourth-order valence-corrected chi connectivity index (χ4v) is 2.26. The van der Waals surface area contributed by atoms with Crippen LogP contribution in [0.15, 0.2) is 18.2 Å². The van der Waals surface area contributed by atoms with Crippen molar-refractivity contribution in [2.75, 3.05) is 17.7 Å². The van der Waals surface area contributed by atoms with Gasteiger partial charge in [0.05, 0.1) is 0 Å². The van der Waals surface area contributed by atoms with Crippen LogP contribution in [0.5, 0.6) is 0 Å². The lowest BCUT2D eigenvalue weighted by molar-refractivity contribution is -0.141. The SMILES string of the molecule is FC(F)(F)c1cccc(NCC2(CCCl)CC2)n1. The molecule has 1 saturated carbocycles. The predicted octanol–water partition coefficient (Wildman–Crippen LogP) is 3.92. The number of aromatic nitrogens is 1. The Morgan fingerprint density at radius 2 is 2.06 bits per heavy atom. The van der Waals surface area contributed by atoms with Crippen molar-refractivity contribution in [3.05, 3.63) is 23.9 Å². The Morgan fingerprint density at radius 3 is 2.61 bits per heavy atom. The van der Waals surface area contributed by atoms with E-state index in [4.69, 9.17) is 11.6 Å². The van der Waals surface area contributed by atoms with Gasteiger partial charge in [0, 0.05) is 12.4 Å². The number of hydrogen-bond acceptors (Lipinski definition) is 2. The molecule has 1 N–H and O–H groups in total. The van der Waals surface area contributed by atoms with Crippen molar-refractivity contribution >= 4 is 17.4 Å². The molecule has 0 radical (unpaired) electrons. The second kappa shape index (κ2) is 4.96. The van der Waals surface area contributed by atoms with Crippen molar-refractivity contribution in [3.63, 3.8) is 0 Å². The molecule has 0 bridgehead atoms. The molecule has 0 atom stereocenters. The number of nitrogens with zero attached hydrogens (tertiary/aromatic N) is 1. The number of pyridine rings is 1. The van der Waals surface area contributed by atoms with Crippen LogP contribution in [0.4, 0.5) is 19.0 Å². The van der Waals surface area contributed by atoms with Gasteiger partial charge in [0.1, 0.15) is 11.5 Å². The van der Waals surface area contributed by atoms with E-state index in [0.717, 1.165) is 25.3 Å². The van der Waals surface area contributed by atoms with Gasteiger partial charge in [-0.25, -0.2) is 4.98 Å². The van der Waals surface area contributed by atoms with Crippen LogP contribution in [-0.2, 0) is 6.18 Å². The van der Waals surface area contributed by atoms with Crippen molar-refractivity contribution in [1.29, 1.82) is 0 Å². The number of anilines is 1. The molecular formula is C12H14ClF3N2. The highest BCUT2D eigenvalue weighted by molar-refractivity contribution is 6.17. The molecule has 100 valence electrons. The van der Waals surface area contributed by atoms with Gasteiger partial charge in [-0.1, -0.05) is 6.07 Å². The van der Waals surface area contributed by atoms with Crippen molar-refractivity contribution < 1.29 is 13.2 Å². The van der Waals surface area contributed by atoms with Crippen LogP contribution in [0, 0.1) is 5.41 Å². The summed E-state index contributed by atoms with van der Waals surface area (Å²) in [4.78, 5) is 3.57. The Hall–Kier alpha value is -0.970. The van der Waals surface area contributed by atoms with E-state index in [1.165, 1.54) is 6.07 Å². The normalized spacial score (nSPS) is 17.6. The molecule has 2 nitrogen and oxygen atoms in total. The largest absolute Gasteiger partial charge is 0.433 e. The molecule has 6 heteroatoms. The zero-order valence-electron chi connectivity index (χ0n) is 9.73. The third kappa shape index (κ3) is 3.28. The van der Waals surface area contributed by atoms with Crippen LogP contribution in [0.25, 0.3) is 0 Å². The fourth-order valence-electron chi connectivity index (χ4n) is 1.86. The van der Waals surface area contributed by atoms with E-state index in [0.29, 0.717) is 12.4 Å². The lowest BCUT2D eigenvalue weighted by Crippen LogP contribution is -2.17. The van der Waals surface area contributed by atoms with E-state index < -0.39 is 11.9 Å². The molecule has 2 rings (SSSR count). The van der Waals surface area contributed by atoms with Gasteiger partial charge in [-0.15, -0.1) is 11.6 Å². The Bertz CT molecular complexity index is 416. The number of rotatable bonds is 5. The summed E-state index contributed by atoms with van der Waals surface area (Å²) in [6.07, 6.45) is -1.36.